The third-order valence-corrected chi connectivity index (χ3v) is 6.55. The van der Waals surface area contributed by atoms with E-state index in [1.54, 1.807) is 48.7 Å². The van der Waals surface area contributed by atoms with Gasteiger partial charge in [0.2, 0.25) is 5.91 Å². The van der Waals surface area contributed by atoms with E-state index in [-0.39, 0.29) is 11.7 Å². The van der Waals surface area contributed by atoms with Gasteiger partial charge in [0.15, 0.2) is 11.5 Å². The molecule has 1 aromatic heterocycles. The maximum atomic E-state index is 14.7. The molecule has 256 valence electrons. The number of carbonyl (C=O) groups excluding carboxylic acids is 1. The number of aromatic nitrogens is 1. The lowest BCUT2D eigenvalue weighted by atomic mass is 10.00. The third-order valence-electron chi connectivity index (χ3n) is 6.55. The fraction of sp³-hybridized carbons (Fsp3) is 0.273. The Labute approximate surface area is 272 Å². The summed E-state index contributed by atoms with van der Waals surface area (Å²) in [4.78, 5) is 38.6. The number of benzene rings is 3. The quantitative estimate of drug-likeness (QED) is 0.108. The number of nitrogens with two attached hydrogens (primary N) is 1. The summed E-state index contributed by atoms with van der Waals surface area (Å²) in [7, 11) is 0. The van der Waals surface area contributed by atoms with Crippen LogP contribution in [0.3, 0.4) is 0 Å². The van der Waals surface area contributed by atoms with Gasteiger partial charge in [-0.2, -0.15) is 13.2 Å². The summed E-state index contributed by atoms with van der Waals surface area (Å²) in [6, 6.07) is 16.0. The molecule has 4 rings (SSSR count). The van der Waals surface area contributed by atoms with Crippen LogP contribution in [0.4, 0.5) is 29.1 Å². The molecule has 1 unspecified atom stereocenters. The number of halogens is 4. The zero-order chi connectivity index (χ0) is 35.6. The number of ether oxygens (including phenoxy) is 2. The molecule has 4 aromatic rings. The molecule has 11 nitrogen and oxygen atoms in total. The standard InChI is InChI=1S/C31H33FN4O5.C2HF3O2/c1-4-40-27-16-20(9-12-26(27)41-18(2)3)29(35-21-10-11-22-19(15-21)13-14-34-30(22)33)31(39)36-25(17-28(37)38)23-7-5-6-8-24(23)32;3-2(4,5)1(6)7/h5-16,18,25,29,35H,4,17H2,1-3H3,(H2,33,34)(H,36,39)(H,37,38);(H,6,7)/t25-,29?;/m1./s1. The smallest absolute Gasteiger partial charge is 0.490 e. The Morgan fingerprint density at radius 1 is 0.979 bits per heavy atom. The molecule has 15 heteroatoms. The molecule has 0 saturated carbocycles. The lowest BCUT2D eigenvalue weighted by Crippen LogP contribution is -2.37. The highest BCUT2D eigenvalue weighted by molar-refractivity contribution is 5.94. The summed E-state index contributed by atoms with van der Waals surface area (Å²) in [6.45, 7) is 6.01. The number of nitrogens with zero attached hydrogens (tertiary/aromatic N) is 1. The second-order valence-electron chi connectivity index (χ2n) is 10.5. The SMILES string of the molecule is CCOc1cc(C(Nc2ccc3c(N)nccc3c2)C(=O)N[C@H](CC(=O)O)c2ccccc2F)ccc1OC(C)C.O=C(O)C(F)(F)F. The van der Waals surface area contributed by atoms with Gasteiger partial charge in [-0.05, 0) is 74.2 Å². The fourth-order valence-electron chi connectivity index (χ4n) is 4.51. The minimum atomic E-state index is -5.08. The highest BCUT2D eigenvalue weighted by Gasteiger charge is 2.38. The van der Waals surface area contributed by atoms with Gasteiger partial charge in [0.05, 0.1) is 25.2 Å². The first-order chi connectivity index (χ1) is 22.6. The van der Waals surface area contributed by atoms with Crippen molar-refractivity contribution in [2.45, 2.75) is 51.6 Å². The van der Waals surface area contributed by atoms with E-state index in [0.29, 0.717) is 35.2 Å². The van der Waals surface area contributed by atoms with Crippen LogP contribution >= 0.6 is 0 Å². The number of alkyl halides is 3. The van der Waals surface area contributed by atoms with Gasteiger partial charge in [-0.15, -0.1) is 0 Å². The number of hydrogen-bond acceptors (Lipinski definition) is 8. The topological polar surface area (TPSA) is 173 Å². The molecule has 1 heterocycles. The van der Waals surface area contributed by atoms with E-state index in [4.69, 9.17) is 25.1 Å². The summed E-state index contributed by atoms with van der Waals surface area (Å²) >= 11 is 0. The predicted octanol–water partition coefficient (Wildman–Crippen LogP) is 6.26. The molecular weight excluding hydrogens is 640 g/mol. The van der Waals surface area contributed by atoms with Crippen molar-refractivity contribution in [1.29, 1.82) is 0 Å². The van der Waals surface area contributed by atoms with Gasteiger partial charge in [-0.3, -0.25) is 9.59 Å². The Bertz CT molecular complexity index is 1750. The molecule has 0 spiro atoms. The van der Waals surface area contributed by atoms with E-state index >= 15 is 0 Å². The minimum Gasteiger partial charge on any atom is -0.490 e. The lowest BCUT2D eigenvalue weighted by molar-refractivity contribution is -0.192. The number of nitrogen functional groups attached to an aromatic ring is 1. The van der Waals surface area contributed by atoms with Crippen molar-refractivity contribution in [2.24, 2.45) is 0 Å². The number of carbonyl (C=O) groups is 3. The number of rotatable bonds is 12. The lowest BCUT2D eigenvalue weighted by Gasteiger charge is -2.25. The molecule has 2 atom stereocenters. The molecule has 0 radical (unpaired) electrons. The minimum absolute atomic E-state index is 0.0753. The molecule has 0 fully saturated rings. The van der Waals surface area contributed by atoms with E-state index in [0.717, 1.165) is 10.8 Å². The summed E-state index contributed by atoms with van der Waals surface area (Å²) in [6.07, 6.45) is -4.10. The van der Waals surface area contributed by atoms with Crippen molar-refractivity contribution < 1.29 is 51.6 Å². The highest BCUT2D eigenvalue weighted by Crippen LogP contribution is 2.34. The zero-order valence-electron chi connectivity index (χ0n) is 26.0. The van der Waals surface area contributed by atoms with Crippen LogP contribution in [0.2, 0.25) is 0 Å². The molecule has 0 saturated heterocycles. The van der Waals surface area contributed by atoms with Gasteiger partial charge in [-0.1, -0.05) is 24.3 Å². The predicted molar refractivity (Wildman–Crippen MR) is 169 cm³/mol. The Morgan fingerprint density at radius 2 is 1.67 bits per heavy atom. The van der Waals surface area contributed by atoms with Crippen molar-refractivity contribution in [3.8, 4) is 11.5 Å². The van der Waals surface area contributed by atoms with Crippen LogP contribution in [0.15, 0.2) is 72.9 Å². The number of fused-ring (bicyclic) bond motifs is 1. The van der Waals surface area contributed by atoms with Gasteiger partial charge in [0.25, 0.3) is 0 Å². The number of nitrogens with one attached hydrogen (secondary N) is 2. The van der Waals surface area contributed by atoms with E-state index < -0.39 is 48.3 Å². The number of hydrogen-bond donors (Lipinski definition) is 5. The highest BCUT2D eigenvalue weighted by atomic mass is 19.4. The van der Waals surface area contributed by atoms with Crippen LogP contribution < -0.4 is 25.8 Å². The van der Waals surface area contributed by atoms with Gasteiger partial charge < -0.3 is 36.1 Å². The average molecular weight is 675 g/mol. The second-order valence-corrected chi connectivity index (χ2v) is 10.5. The van der Waals surface area contributed by atoms with E-state index in [2.05, 4.69) is 15.6 Å². The van der Waals surface area contributed by atoms with E-state index in [9.17, 15) is 32.3 Å². The van der Waals surface area contributed by atoms with E-state index in [1.165, 1.54) is 18.2 Å². The maximum Gasteiger partial charge on any atom is 0.490 e. The van der Waals surface area contributed by atoms with Crippen molar-refractivity contribution in [2.75, 3.05) is 17.7 Å². The third kappa shape index (κ3) is 10.2. The zero-order valence-corrected chi connectivity index (χ0v) is 26.0. The molecular formula is C33H34F4N4O7. The van der Waals surface area contributed by atoms with Crippen molar-refractivity contribution in [3.63, 3.8) is 0 Å². The van der Waals surface area contributed by atoms with Gasteiger partial charge >= 0.3 is 18.1 Å². The largest absolute Gasteiger partial charge is 0.490 e. The number of amides is 1. The van der Waals surface area contributed by atoms with Crippen LogP contribution in [0.1, 0.15) is 50.4 Å². The molecule has 6 N–H and O–H groups in total. The molecule has 3 aromatic carbocycles. The van der Waals surface area contributed by atoms with Gasteiger partial charge in [-0.25, -0.2) is 14.2 Å². The number of pyridine rings is 1. The van der Waals surface area contributed by atoms with Crippen LogP contribution in [0.5, 0.6) is 11.5 Å². The fourth-order valence-corrected chi connectivity index (χ4v) is 4.51. The summed E-state index contributed by atoms with van der Waals surface area (Å²) in [5.74, 6) is -3.76. The van der Waals surface area contributed by atoms with Crippen molar-refractivity contribution >= 4 is 40.1 Å². The normalized spacial score (nSPS) is 12.3. The first-order valence-electron chi connectivity index (χ1n) is 14.5. The maximum absolute atomic E-state index is 14.7. The van der Waals surface area contributed by atoms with Crippen LogP contribution in [0, 0.1) is 5.82 Å². The van der Waals surface area contributed by atoms with Crippen LogP contribution in [0.25, 0.3) is 10.8 Å². The molecule has 0 aliphatic carbocycles. The summed E-state index contributed by atoms with van der Waals surface area (Å²) in [5.41, 5.74) is 7.21. The molecule has 48 heavy (non-hydrogen) atoms. The van der Waals surface area contributed by atoms with Gasteiger partial charge in [0, 0.05) is 22.8 Å². The first kappa shape index (κ1) is 36.9. The average Bonchev–Trinajstić information content (AvgIpc) is 3.00. The first-order valence-corrected chi connectivity index (χ1v) is 14.5. The molecule has 0 bridgehead atoms. The molecule has 1 amide bonds. The molecule has 0 aliphatic heterocycles. The summed E-state index contributed by atoms with van der Waals surface area (Å²) < 4.78 is 58.1. The Hall–Kier alpha value is -5.60. The Morgan fingerprint density at radius 3 is 2.27 bits per heavy atom. The van der Waals surface area contributed by atoms with Crippen molar-refractivity contribution in [3.05, 3.63) is 89.9 Å². The Kier molecular flexibility index (Phi) is 12.5. The van der Waals surface area contributed by atoms with Crippen LogP contribution in [-0.4, -0.2) is 51.9 Å². The van der Waals surface area contributed by atoms with Gasteiger partial charge in [0.1, 0.15) is 17.7 Å². The molecule has 0 aliphatic rings. The second kappa shape index (κ2) is 16.3. The number of aliphatic carboxylic acids is 2. The number of carboxylic acid groups (broad SMARTS) is 2. The van der Waals surface area contributed by atoms with E-state index in [1.807, 2.05) is 26.8 Å². The summed E-state index contributed by atoms with van der Waals surface area (Å²) in [5, 5.41) is 24.2. The number of anilines is 2. The Balaban J connectivity index is 0.000000804. The number of carboxylic acids is 2. The van der Waals surface area contributed by atoms with Crippen LogP contribution in [-0.2, 0) is 14.4 Å². The monoisotopic (exact) mass is 674 g/mol. The van der Waals surface area contributed by atoms with Crippen molar-refractivity contribution in [1.82, 2.24) is 10.3 Å².